The van der Waals surface area contributed by atoms with Crippen molar-refractivity contribution in [2.45, 2.75) is 32.3 Å². The van der Waals surface area contributed by atoms with E-state index < -0.39 is 6.10 Å². The molecule has 2 aromatic rings. The maximum atomic E-state index is 10.5. The van der Waals surface area contributed by atoms with Gasteiger partial charge >= 0.3 is 0 Å². The Morgan fingerprint density at radius 1 is 1.00 bits per heavy atom. The Hall–Kier alpha value is -1.95. The third kappa shape index (κ3) is 7.23. The van der Waals surface area contributed by atoms with E-state index in [2.05, 4.69) is 12.2 Å². The third-order valence-electron chi connectivity index (χ3n) is 4.41. The molecule has 5 nitrogen and oxygen atoms in total. The Balaban J connectivity index is 0.00000392. The monoisotopic (exact) mass is 409 g/mol. The summed E-state index contributed by atoms with van der Waals surface area (Å²) in [6.45, 7) is 4.03. The summed E-state index contributed by atoms with van der Waals surface area (Å²) in [5, 5.41) is 13.8. The summed E-state index contributed by atoms with van der Waals surface area (Å²) in [6.07, 6.45) is 2.33. The van der Waals surface area contributed by atoms with Gasteiger partial charge in [-0.3, -0.25) is 0 Å². The average molecular weight is 410 g/mol. The minimum absolute atomic E-state index is 0. The summed E-state index contributed by atoms with van der Waals surface area (Å²) >= 11 is 0. The van der Waals surface area contributed by atoms with Crippen LogP contribution in [-0.4, -0.2) is 39.0 Å². The molecule has 0 aromatic heterocycles. The molecule has 1 atom stereocenters. The van der Waals surface area contributed by atoms with Gasteiger partial charge in [-0.2, -0.15) is 0 Å². The van der Waals surface area contributed by atoms with Crippen LogP contribution < -0.4 is 19.5 Å². The van der Waals surface area contributed by atoms with Crippen LogP contribution in [0.1, 0.15) is 37.0 Å². The Bertz CT molecular complexity index is 696. The van der Waals surface area contributed by atoms with Gasteiger partial charge in [0, 0.05) is 12.1 Å². The number of aliphatic hydroxyl groups excluding tert-OH is 1. The first-order valence-corrected chi connectivity index (χ1v) is 9.51. The lowest BCUT2D eigenvalue weighted by atomic mass is 10.1. The van der Waals surface area contributed by atoms with Gasteiger partial charge in [0.1, 0.15) is 5.75 Å². The molecule has 0 bridgehead atoms. The van der Waals surface area contributed by atoms with E-state index in [1.54, 1.807) is 14.2 Å². The van der Waals surface area contributed by atoms with E-state index in [1.165, 1.54) is 0 Å². The van der Waals surface area contributed by atoms with Crippen LogP contribution in [0, 0.1) is 0 Å². The number of methoxy groups -OCH3 is 2. The predicted octanol–water partition coefficient (Wildman–Crippen LogP) is 4.17. The lowest BCUT2D eigenvalue weighted by Gasteiger charge is -2.17. The molecule has 0 saturated carbocycles. The van der Waals surface area contributed by atoms with Crippen molar-refractivity contribution in [3.8, 4) is 17.2 Å². The van der Waals surface area contributed by atoms with Gasteiger partial charge in [0.15, 0.2) is 11.5 Å². The standard InChI is InChI=1S/C22H31NO4.ClH/c1-4-5-14-27-20-9-7-6-8-18(20)19(24)16-23-13-12-17-10-11-21(25-2)22(15-17)26-3;/h6-11,15,19,23-24H,4-5,12-14,16H2,1-3H3;1H. The van der Waals surface area contributed by atoms with Gasteiger partial charge in [-0.05, 0) is 43.1 Å². The summed E-state index contributed by atoms with van der Waals surface area (Å²) in [5.74, 6) is 2.22. The Labute approximate surface area is 174 Å². The first-order chi connectivity index (χ1) is 13.2. The lowest BCUT2D eigenvalue weighted by molar-refractivity contribution is 0.168. The minimum atomic E-state index is -0.603. The molecule has 6 heteroatoms. The summed E-state index contributed by atoms with van der Waals surface area (Å²) in [5.41, 5.74) is 1.98. The smallest absolute Gasteiger partial charge is 0.160 e. The van der Waals surface area contributed by atoms with Crippen molar-refractivity contribution >= 4 is 12.4 Å². The molecule has 0 aliphatic rings. The second-order valence-corrected chi connectivity index (χ2v) is 6.40. The molecule has 0 aliphatic heterocycles. The highest BCUT2D eigenvalue weighted by Gasteiger charge is 2.13. The molecule has 28 heavy (non-hydrogen) atoms. The number of para-hydroxylation sites is 1. The Kier molecular flexibility index (Phi) is 11.4. The van der Waals surface area contributed by atoms with E-state index in [0.29, 0.717) is 13.2 Å². The van der Waals surface area contributed by atoms with Crippen LogP contribution in [0.2, 0.25) is 0 Å². The van der Waals surface area contributed by atoms with Crippen LogP contribution in [0.15, 0.2) is 42.5 Å². The minimum Gasteiger partial charge on any atom is -0.493 e. The van der Waals surface area contributed by atoms with Crippen molar-refractivity contribution in [3.05, 3.63) is 53.6 Å². The molecule has 0 fully saturated rings. The number of aliphatic hydroxyl groups is 1. The number of hydrogen-bond donors (Lipinski definition) is 2. The molecule has 0 amide bonds. The van der Waals surface area contributed by atoms with Crippen LogP contribution in [0.25, 0.3) is 0 Å². The number of hydrogen-bond acceptors (Lipinski definition) is 5. The van der Waals surface area contributed by atoms with Gasteiger partial charge in [-0.1, -0.05) is 37.6 Å². The Morgan fingerprint density at radius 3 is 2.46 bits per heavy atom. The predicted molar refractivity (Wildman–Crippen MR) is 115 cm³/mol. The van der Waals surface area contributed by atoms with Gasteiger partial charge in [-0.15, -0.1) is 12.4 Å². The second kappa shape index (κ2) is 13.3. The summed E-state index contributed by atoms with van der Waals surface area (Å²) in [7, 11) is 3.26. The van der Waals surface area contributed by atoms with Gasteiger partial charge in [0.05, 0.1) is 26.9 Å². The van der Waals surface area contributed by atoms with Crippen molar-refractivity contribution in [2.75, 3.05) is 33.9 Å². The highest BCUT2D eigenvalue weighted by Crippen LogP contribution is 2.28. The molecule has 0 heterocycles. The number of halogens is 1. The van der Waals surface area contributed by atoms with Crippen molar-refractivity contribution in [2.24, 2.45) is 0 Å². The third-order valence-corrected chi connectivity index (χ3v) is 4.41. The molecule has 1 unspecified atom stereocenters. The van der Waals surface area contributed by atoms with Crippen LogP contribution in [0.3, 0.4) is 0 Å². The normalized spacial score (nSPS) is 11.4. The van der Waals surface area contributed by atoms with Crippen LogP contribution in [-0.2, 0) is 6.42 Å². The number of unbranched alkanes of at least 4 members (excludes halogenated alkanes) is 1. The summed E-state index contributed by atoms with van der Waals surface area (Å²) in [4.78, 5) is 0. The topological polar surface area (TPSA) is 60.0 Å². The van der Waals surface area contributed by atoms with Crippen molar-refractivity contribution in [1.82, 2.24) is 5.32 Å². The van der Waals surface area contributed by atoms with Crippen LogP contribution in [0.4, 0.5) is 0 Å². The van der Waals surface area contributed by atoms with Gasteiger partial charge in [-0.25, -0.2) is 0 Å². The highest BCUT2D eigenvalue weighted by atomic mass is 35.5. The van der Waals surface area contributed by atoms with E-state index in [9.17, 15) is 5.11 Å². The van der Waals surface area contributed by atoms with Gasteiger partial charge in [0.2, 0.25) is 0 Å². The Morgan fingerprint density at radius 2 is 1.75 bits per heavy atom. The zero-order valence-corrected chi connectivity index (χ0v) is 17.8. The second-order valence-electron chi connectivity index (χ2n) is 6.40. The van der Waals surface area contributed by atoms with Crippen LogP contribution in [0.5, 0.6) is 17.2 Å². The van der Waals surface area contributed by atoms with E-state index >= 15 is 0 Å². The zero-order chi connectivity index (χ0) is 19.5. The largest absolute Gasteiger partial charge is 0.493 e. The molecule has 0 spiro atoms. The van der Waals surface area contributed by atoms with Crippen molar-refractivity contribution in [1.29, 1.82) is 0 Å². The lowest BCUT2D eigenvalue weighted by Crippen LogP contribution is -2.24. The average Bonchev–Trinajstić information content (AvgIpc) is 2.71. The quantitative estimate of drug-likeness (QED) is 0.515. The SMILES string of the molecule is CCCCOc1ccccc1C(O)CNCCc1ccc(OC)c(OC)c1.Cl. The maximum absolute atomic E-state index is 10.5. The molecule has 2 N–H and O–H groups in total. The molecule has 0 radical (unpaired) electrons. The summed E-state index contributed by atoms with van der Waals surface area (Å²) < 4.78 is 16.4. The first-order valence-electron chi connectivity index (χ1n) is 9.51. The fraction of sp³-hybridized carbons (Fsp3) is 0.455. The van der Waals surface area contributed by atoms with Crippen molar-refractivity contribution in [3.63, 3.8) is 0 Å². The van der Waals surface area contributed by atoms with Gasteiger partial charge < -0.3 is 24.6 Å². The maximum Gasteiger partial charge on any atom is 0.160 e. The van der Waals surface area contributed by atoms with Gasteiger partial charge in [0.25, 0.3) is 0 Å². The van der Waals surface area contributed by atoms with E-state index in [4.69, 9.17) is 14.2 Å². The molecule has 0 aliphatic carbocycles. The molecule has 156 valence electrons. The summed E-state index contributed by atoms with van der Waals surface area (Å²) in [6, 6.07) is 13.6. The molecular formula is C22H32ClNO4. The number of benzene rings is 2. The van der Waals surface area contributed by atoms with Crippen molar-refractivity contribution < 1.29 is 19.3 Å². The molecule has 0 saturated heterocycles. The first kappa shape index (κ1) is 24.1. The van der Waals surface area contributed by atoms with E-state index in [1.807, 2.05) is 42.5 Å². The number of nitrogens with one attached hydrogen (secondary N) is 1. The fourth-order valence-electron chi connectivity index (χ4n) is 2.83. The zero-order valence-electron chi connectivity index (χ0n) is 16.9. The number of rotatable bonds is 12. The highest BCUT2D eigenvalue weighted by molar-refractivity contribution is 5.85. The molecular weight excluding hydrogens is 378 g/mol. The molecule has 2 rings (SSSR count). The fourth-order valence-corrected chi connectivity index (χ4v) is 2.83. The van der Waals surface area contributed by atoms with E-state index in [-0.39, 0.29) is 12.4 Å². The van der Waals surface area contributed by atoms with E-state index in [0.717, 1.165) is 54.2 Å². The molecule has 2 aromatic carbocycles. The number of ether oxygens (including phenoxy) is 3. The van der Waals surface area contributed by atoms with Crippen LogP contribution >= 0.6 is 12.4 Å².